The van der Waals surface area contributed by atoms with E-state index in [0.29, 0.717) is 6.04 Å². The van der Waals surface area contributed by atoms with Crippen LogP contribution in [0.3, 0.4) is 0 Å². The fraction of sp³-hybridized carbons (Fsp3) is 0.455. The first-order valence-corrected chi connectivity index (χ1v) is 7.61. The van der Waals surface area contributed by atoms with E-state index < -0.39 is 0 Å². The molecule has 0 atom stereocenters. The predicted octanol–water partition coefficient (Wildman–Crippen LogP) is 3.48. The van der Waals surface area contributed by atoms with Crippen molar-refractivity contribution in [2.45, 2.75) is 32.4 Å². The molecule has 17 heavy (non-hydrogen) atoms. The Morgan fingerprint density at radius 1 is 1.47 bits per heavy atom. The second-order valence-corrected chi connectivity index (χ2v) is 6.54. The summed E-state index contributed by atoms with van der Waals surface area (Å²) in [6.45, 7) is 2.84. The first-order chi connectivity index (χ1) is 8.24. The average Bonchev–Trinajstić information content (AvgIpc) is 2.95. The van der Waals surface area contributed by atoms with Crippen LogP contribution in [0.4, 0.5) is 0 Å². The SMILES string of the molecule is Cc1csc(-c2nnc(CNC3CC3)s2)c1Cl. The summed E-state index contributed by atoms with van der Waals surface area (Å²) in [6.07, 6.45) is 2.59. The normalized spacial score (nSPS) is 15.4. The number of aromatic nitrogens is 2. The van der Waals surface area contributed by atoms with Gasteiger partial charge in [0.2, 0.25) is 0 Å². The number of hydrogen-bond acceptors (Lipinski definition) is 5. The standard InChI is InChI=1S/C11H12ClN3S2/c1-6-5-16-10(9(6)12)11-15-14-8(17-11)4-13-7-2-3-7/h5,7,13H,2-4H2,1H3. The Hall–Kier alpha value is -0.490. The molecular formula is C11H12ClN3S2. The number of hydrogen-bond donors (Lipinski definition) is 1. The van der Waals surface area contributed by atoms with Crippen LogP contribution in [0.1, 0.15) is 23.4 Å². The van der Waals surface area contributed by atoms with Crippen molar-refractivity contribution in [2.24, 2.45) is 0 Å². The largest absolute Gasteiger partial charge is 0.308 e. The van der Waals surface area contributed by atoms with E-state index in [4.69, 9.17) is 11.6 Å². The summed E-state index contributed by atoms with van der Waals surface area (Å²) in [5.41, 5.74) is 1.11. The van der Waals surface area contributed by atoms with Gasteiger partial charge in [0.1, 0.15) is 5.01 Å². The average molecular weight is 286 g/mol. The van der Waals surface area contributed by atoms with Crippen molar-refractivity contribution in [2.75, 3.05) is 0 Å². The highest BCUT2D eigenvalue weighted by Crippen LogP contribution is 2.37. The lowest BCUT2D eigenvalue weighted by Crippen LogP contribution is -2.14. The van der Waals surface area contributed by atoms with Crippen molar-refractivity contribution in [1.82, 2.24) is 15.5 Å². The summed E-state index contributed by atoms with van der Waals surface area (Å²) in [7, 11) is 0. The van der Waals surface area contributed by atoms with Crippen molar-refractivity contribution >= 4 is 34.3 Å². The first kappa shape index (κ1) is 11.6. The van der Waals surface area contributed by atoms with Gasteiger partial charge in [-0.3, -0.25) is 0 Å². The van der Waals surface area contributed by atoms with Gasteiger partial charge >= 0.3 is 0 Å². The molecule has 3 nitrogen and oxygen atoms in total. The Morgan fingerprint density at radius 2 is 2.29 bits per heavy atom. The summed E-state index contributed by atoms with van der Waals surface area (Å²) >= 11 is 9.48. The van der Waals surface area contributed by atoms with E-state index in [9.17, 15) is 0 Å². The quantitative estimate of drug-likeness (QED) is 0.934. The van der Waals surface area contributed by atoms with Crippen LogP contribution in [0, 0.1) is 6.92 Å². The third-order valence-corrected chi connectivity index (χ3v) is 5.45. The van der Waals surface area contributed by atoms with Gasteiger partial charge in [-0.15, -0.1) is 21.5 Å². The van der Waals surface area contributed by atoms with Crippen molar-refractivity contribution in [3.8, 4) is 9.88 Å². The van der Waals surface area contributed by atoms with Crippen LogP contribution < -0.4 is 5.32 Å². The molecule has 2 aromatic heterocycles. The van der Waals surface area contributed by atoms with Gasteiger partial charge in [-0.2, -0.15) is 0 Å². The number of thiophene rings is 1. The molecular weight excluding hydrogens is 274 g/mol. The maximum atomic E-state index is 6.22. The van der Waals surface area contributed by atoms with E-state index in [0.717, 1.165) is 32.0 Å². The maximum Gasteiger partial charge on any atom is 0.159 e. The zero-order valence-corrected chi connectivity index (χ0v) is 11.8. The molecule has 0 radical (unpaired) electrons. The molecule has 6 heteroatoms. The lowest BCUT2D eigenvalue weighted by molar-refractivity contribution is 0.679. The Bertz CT molecular complexity index is 531. The highest BCUT2D eigenvalue weighted by molar-refractivity contribution is 7.21. The summed E-state index contributed by atoms with van der Waals surface area (Å²) in [5, 5.41) is 16.7. The lowest BCUT2D eigenvalue weighted by atomic mass is 10.3. The highest BCUT2D eigenvalue weighted by atomic mass is 35.5. The molecule has 0 saturated heterocycles. The van der Waals surface area contributed by atoms with Gasteiger partial charge in [0.15, 0.2) is 5.01 Å². The summed E-state index contributed by atoms with van der Waals surface area (Å²) < 4.78 is 0. The summed E-state index contributed by atoms with van der Waals surface area (Å²) in [5.74, 6) is 0. The van der Waals surface area contributed by atoms with Crippen molar-refractivity contribution in [1.29, 1.82) is 0 Å². The molecule has 1 fully saturated rings. The maximum absolute atomic E-state index is 6.22. The molecule has 1 saturated carbocycles. The fourth-order valence-electron chi connectivity index (χ4n) is 1.51. The number of halogens is 1. The molecule has 0 aromatic carbocycles. The van der Waals surface area contributed by atoms with E-state index in [1.165, 1.54) is 12.8 Å². The molecule has 90 valence electrons. The Labute approximate surface area is 113 Å². The van der Waals surface area contributed by atoms with Gasteiger partial charge in [-0.05, 0) is 30.7 Å². The molecule has 3 rings (SSSR count). The summed E-state index contributed by atoms with van der Waals surface area (Å²) in [6, 6.07) is 0.704. The van der Waals surface area contributed by atoms with Gasteiger partial charge in [-0.1, -0.05) is 22.9 Å². The Balaban J connectivity index is 1.76. The topological polar surface area (TPSA) is 37.8 Å². The lowest BCUT2D eigenvalue weighted by Gasteiger charge is -1.95. The van der Waals surface area contributed by atoms with Crippen LogP contribution in [0.25, 0.3) is 9.88 Å². The zero-order valence-electron chi connectivity index (χ0n) is 9.36. The predicted molar refractivity (Wildman–Crippen MR) is 72.8 cm³/mol. The molecule has 1 aliphatic rings. The molecule has 0 amide bonds. The van der Waals surface area contributed by atoms with Crippen LogP contribution in [-0.2, 0) is 6.54 Å². The van der Waals surface area contributed by atoms with E-state index in [-0.39, 0.29) is 0 Å². The minimum absolute atomic E-state index is 0.704. The van der Waals surface area contributed by atoms with Gasteiger partial charge in [-0.25, -0.2) is 0 Å². The monoisotopic (exact) mass is 285 g/mol. The van der Waals surface area contributed by atoms with Crippen LogP contribution >= 0.6 is 34.3 Å². The van der Waals surface area contributed by atoms with E-state index >= 15 is 0 Å². The van der Waals surface area contributed by atoms with Gasteiger partial charge in [0, 0.05) is 12.6 Å². The molecule has 0 unspecified atom stereocenters. The Morgan fingerprint density at radius 3 is 2.94 bits per heavy atom. The first-order valence-electron chi connectivity index (χ1n) is 5.54. The van der Waals surface area contributed by atoms with Crippen LogP contribution in [0.5, 0.6) is 0 Å². The molecule has 1 N–H and O–H groups in total. The number of rotatable bonds is 4. The third kappa shape index (κ3) is 2.52. The third-order valence-electron chi connectivity index (χ3n) is 2.68. The molecule has 0 bridgehead atoms. The minimum atomic E-state index is 0.704. The minimum Gasteiger partial charge on any atom is -0.308 e. The second kappa shape index (κ2) is 4.65. The molecule has 1 aliphatic carbocycles. The molecule has 0 aliphatic heterocycles. The fourth-order valence-corrected chi connectivity index (χ4v) is 3.73. The number of nitrogens with zero attached hydrogens (tertiary/aromatic N) is 2. The van der Waals surface area contributed by atoms with Crippen LogP contribution in [0.2, 0.25) is 5.02 Å². The van der Waals surface area contributed by atoms with E-state index in [2.05, 4.69) is 20.9 Å². The van der Waals surface area contributed by atoms with Gasteiger partial charge in [0.05, 0.1) is 9.90 Å². The van der Waals surface area contributed by atoms with Crippen LogP contribution in [0.15, 0.2) is 5.38 Å². The smallest absolute Gasteiger partial charge is 0.159 e. The van der Waals surface area contributed by atoms with Crippen molar-refractivity contribution < 1.29 is 0 Å². The van der Waals surface area contributed by atoms with Crippen LogP contribution in [-0.4, -0.2) is 16.2 Å². The van der Waals surface area contributed by atoms with Gasteiger partial charge in [0.25, 0.3) is 0 Å². The van der Waals surface area contributed by atoms with Crippen molar-refractivity contribution in [3.05, 3.63) is 21.0 Å². The molecule has 0 spiro atoms. The second-order valence-electron chi connectivity index (χ2n) is 4.22. The zero-order chi connectivity index (χ0) is 11.8. The number of nitrogens with one attached hydrogen (secondary N) is 1. The molecule has 2 aromatic rings. The summed E-state index contributed by atoms with van der Waals surface area (Å²) in [4.78, 5) is 1.04. The molecule has 2 heterocycles. The highest BCUT2D eigenvalue weighted by Gasteiger charge is 2.21. The Kier molecular flexibility index (Phi) is 3.17. The van der Waals surface area contributed by atoms with E-state index in [1.807, 2.05) is 6.92 Å². The van der Waals surface area contributed by atoms with Crippen molar-refractivity contribution in [3.63, 3.8) is 0 Å². The van der Waals surface area contributed by atoms with E-state index in [1.54, 1.807) is 22.7 Å². The van der Waals surface area contributed by atoms with Gasteiger partial charge < -0.3 is 5.32 Å². The number of aryl methyl sites for hydroxylation is 1.